The van der Waals surface area contributed by atoms with Crippen LogP contribution in [-0.2, 0) is 0 Å². The topological polar surface area (TPSA) is 60.2 Å². The summed E-state index contributed by atoms with van der Waals surface area (Å²) in [4.78, 5) is 4.43. The van der Waals surface area contributed by atoms with Crippen LogP contribution in [0.1, 0.15) is 24.7 Å². The third-order valence-corrected chi connectivity index (χ3v) is 3.53. The smallest absolute Gasteiger partial charge is 0.230 e. The Labute approximate surface area is 111 Å². The SMILES string of the molecule is c1cc(-c2noc(C3CC3)n2)ccc1OC1CNC1. The Balaban J connectivity index is 1.50. The van der Waals surface area contributed by atoms with Crippen LogP contribution in [-0.4, -0.2) is 29.3 Å². The van der Waals surface area contributed by atoms with Gasteiger partial charge in [-0.1, -0.05) is 5.16 Å². The van der Waals surface area contributed by atoms with Gasteiger partial charge in [0.2, 0.25) is 11.7 Å². The molecule has 2 heterocycles. The Morgan fingerprint density at radius 1 is 1.16 bits per heavy atom. The van der Waals surface area contributed by atoms with Crippen molar-refractivity contribution in [2.24, 2.45) is 0 Å². The molecule has 0 spiro atoms. The summed E-state index contributed by atoms with van der Waals surface area (Å²) in [5.74, 6) is 2.82. The van der Waals surface area contributed by atoms with Gasteiger partial charge in [0.1, 0.15) is 11.9 Å². The molecule has 1 saturated heterocycles. The van der Waals surface area contributed by atoms with Gasteiger partial charge in [0, 0.05) is 24.6 Å². The van der Waals surface area contributed by atoms with E-state index in [1.807, 2.05) is 24.3 Å². The largest absolute Gasteiger partial charge is 0.488 e. The van der Waals surface area contributed by atoms with E-state index in [-0.39, 0.29) is 0 Å². The van der Waals surface area contributed by atoms with Crippen molar-refractivity contribution in [1.82, 2.24) is 15.5 Å². The molecule has 1 aliphatic carbocycles. The van der Waals surface area contributed by atoms with Crippen molar-refractivity contribution in [1.29, 1.82) is 0 Å². The van der Waals surface area contributed by atoms with Gasteiger partial charge in [0.15, 0.2) is 0 Å². The van der Waals surface area contributed by atoms with Crippen LogP contribution in [0.2, 0.25) is 0 Å². The molecule has 5 heteroatoms. The fourth-order valence-corrected chi connectivity index (χ4v) is 2.07. The zero-order chi connectivity index (χ0) is 12.7. The summed E-state index contributed by atoms with van der Waals surface area (Å²) in [5.41, 5.74) is 0.967. The van der Waals surface area contributed by atoms with Crippen molar-refractivity contribution in [3.8, 4) is 17.1 Å². The Morgan fingerprint density at radius 3 is 2.58 bits per heavy atom. The minimum atomic E-state index is 0.303. The lowest BCUT2D eigenvalue weighted by atomic mass is 10.2. The van der Waals surface area contributed by atoms with Crippen molar-refractivity contribution < 1.29 is 9.26 Å². The lowest BCUT2D eigenvalue weighted by Crippen LogP contribution is -2.50. The van der Waals surface area contributed by atoms with Crippen LogP contribution in [0.5, 0.6) is 5.75 Å². The zero-order valence-corrected chi connectivity index (χ0v) is 10.5. The highest BCUT2D eigenvalue weighted by Gasteiger charge is 2.29. The average Bonchev–Trinajstić information content (AvgIpc) is 3.13. The monoisotopic (exact) mass is 257 g/mol. The van der Waals surface area contributed by atoms with Crippen LogP contribution in [0.4, 0.5) is 0 Å². The number of hydrogen-bond acceptors (Lipinski definition) is 5. The molecular formula is C14H15N3O2. The molecule has 1 saturated carbocycles. The number of ether oxygens (including phenoxy) is 1. The molecule has 5 nitrogen and oxygen atoms in total. The Kier molecular flexibility index (Phi) is 2.51. The third-order valence-electron chi connectivity index (χ3n) is 3.53. The van der Waals surface area contributed by atoms with Crippen molar-refractivity contribution in [2.75, 3.05) is 13.1 Å². The van der Waals surface area contributed by atoms with E-state index in [4.69, 9.17) is 9.26 Å². The van der Waals surface area contributed by atoms with Gasteiger partial charge in [0.25, 0.3) is 0 Å². The van der Waals surface area contributed by atoms with Crippen LogP contribution in [0.3, 0.4) is 0 Å². The maximum Gasteiger partial charge on any atom is 0.230 e. The highest BCUT2D eigenvalue weighted by Crippen LogP contribution is 2.39. The summed E-state index contributed by atoms with van der Waals surface area (Å²) in [6.07, 6.45) is 2.64. The predicted molar refractivity (Wildman–Crippen MR) is 69.0 cm³/mol. The molecular weight excluding hydrogens is 242 g/mol. The van der Waals surface area contributed by atoms with E-state index in [1.165, 1.54) is 12.8 Å². The van der Waals surface area contributed by atoms with E-state index >= 15 is 0 Å². The molecule has 98 valence electrons. The number of rotatable bonds is 4. The molecule has 1 N–H and O–H groups in total. The molecule has 0 bridgehead atoms. The molecule has 1 aromatic carbocycles. The van der Waals surface area contributed by atoms with Gasteiger partial charge in [-0.3, -0.25) is 0 Å². The first-order valence-electron chi connectivity index (χ1n) is 6.70. The molecule has 0 amide bonds. The van der Waals surface area contributed by atoms with Crippen molar-refractivity contribution in [2.45, 2.75) is 24.9 Å². The standard InChI is InChI=1S/C14H15N3O2/c1-2-10(1)14-16-13(17-19-14)9-3-5-11(6-4-9)18-12-7-15-8-12/h3-6,10,12,15H,1-2,7-8H2. The van der Waals surface area contributed by atoms with Gasteiger partial charge in [-0.15, -0.1) is 0 Å². The minimum Gasteiger partial charge on any atom is -0.488 e. The van der Waals surface area contributed by atoms with Crippen LogP contribution in [0, 0.1) is 0 Å². The fraction of sp³-hybridized carbons (Fsp3) is 0.429. The van der Waals surface area contributed by atoms with Gasteiger partial charge in [-0.05, 0) is 37.1 Å². The van der Waals surface area contributed by atoms with Crippen LogP contribution < -0.4 is 10.1 Å². The second kappa shape index (κ2) is 4.35. The molecule has 0 atom stereocenters. The fourth-order valence-electron chi connectivity index (χ4n) is 2.07. The molecule has 19 heavy (non-hydrogen) atoms. The van der Waals surface area contributed by atoms with E-state index in [0.717, 1.165) is 30.3 Å². The molecule has 1 aromatic heterocycles. The van der Waals surface area contributed by atoms with E-state index in [9.17, 15) is 0 Å². The molecule has 2 aliphatic rings. The predicted octanol–water partition coefficient (Wildman–Crippen LogP) is 1.96. The first-order chi connectivity index (χ1) is 9.38. The quantitative estimate of drug-likeness (QED) is 0.907. The lowest BCUT2D eigenvalue weighted by molar-refractivity contribution is 0.142. The summed E-state index contributed by atoms with van der Waals surface area (Å²) in [6.45, 7) is 1.86. The van der Waals surface area contributed by atoms with E-state index in [1.54, 1.807) is 0 Å². The highest BCUT2D eigenvalue weighted by atomic mass is 16.5. The summed E-state index contributed by atoms with van der Waals surface area (Å²) in [6, 6.07) is 7.87. The summed E-state index contributed by atoms with van der Waals surface area (Å²) in [5, 5.41) is 7.21. The molecule has 0 unspecified atom stereocenters. The van der Waals surface area contributed by atoms with Gasteiger partial charge < -0.3 is 14.6 Å². The second-order valence-corrected chi connectivity index (χ2v) is 5.15. The van der Waals surface area contributed by atoms with Crippen molar-refractivity contribution in [3.05, 3.63) is 30.2 Å². The third kappa shape index (κ3) is 2.21. The van der Waals surface area contributed by atoms with Crippen LogP contribution in [0.15, 0.2) is 28.8 Å². The Bertz CT molecular complexity index is 571. The van der Waals surface area contributed by atoms with Crippen LogP contribution in [0.25, 0.3) is 11.4 Å². The van der Waals surface area contributed by atoms with E-state index in [0.29, 0.717) is 17.8 Å². The second-order valence-electron chi connectivity index (χ2n) is 5.15. The van der Waals surface area contributed by atoms with Crippen molar-refractivity contribution >= 4 is 0 Å². The summed E-state index contributed by atoms with van der Waals surface area (Å²) >= 11 is 0. The maximum absolute atomic E-state index is 5.77. The lowest BCUT2D eigenvalue weighted by Gasteiger charge is -2.27. The molecule has 4 rings (SSSR count). The highest BCUT2D eigenvalue weighted by molar-refractivity contribution is 5.55. The van der Waals surface area contributed by atoms with Gasteiger partial charge >= 0.3 is 0 Å². The Hall–Kier alpha value is -1.88. The first-order valence-corrected chi connectivity index (χ1v) is 6.70. The number of nitrogens with zero attached hydrogens (tertiary/aromatic N) is 2. The normalized spacial score (nSPS) is 19.2. The van der Waals surface area contributed by atoms with E-state index < -0.39 is 0 Å². The van der Waals surface area contributed by atoms with E-state index in [2.05, 4.69) is 15.5 Å². The van der Waals surface area contributed by atoms with Gasteiger partial charge in [-0.2, -0.15) is 4.98 Å². The molecule has 0 radical (unpaired) electrons. The zero-order valence-electron chi connectivity index (χ0n) is 10.5. The van der Waals surface area contributed by atoms with Crippen LogP contribution >= 0.6 is 0 Å². The summed E-state index contributed by atoms with van der Waals surface area (Å²) in [7, 11) is 0. The number of nitrogens with one attached hydrogen (secondary N) is 1. The van der Waals surface area contributed by atoms with Crippen molar-refractivity contribution in [3.63, 3.8) is 0 Å². The number of hydrogen-bond donors (Lipinski definition) is 1. The molecule has 2 aromatic rings. The first kappa shape index (κ1) is 11.0. The average molecular weight is 257 g/mol. The molecule has 1 aliphatic heterocycles. The number of aromatic nitrogens is 2. The number of benzene rings is 1. The summed E-state index contributed by atoms with van der Waals surface area (Å²) < 4.78 is 11.0. The van der Waals surface area contributed by atoms with Gasteiger partial charge in [0.05, 0.1) is 0 Å². The maximum atomic E-state index is 5.77. The minimum absolute atomic E-state index is 0.303. The van der Waals surface area contributed by atoms with Gasteiger partial charge in [-0.25, -0.2) is 0 Å². The molecule has 2 fully saturated rings. The Morgan fingerprint density at radius 2 is 1.95 bits per heavy atom.